The minimum Gasteiger partial charge on any atom is -0.337 e. The third kappa shape index (κ3) is 4.75. The maximum atomic E-state index is 13.1. The van der Waals surface area contributed by atoms with E-state index in [1.807, 2.05) is 30.3 Å². The zero-order chi connectivity index (χ0) is 16.9. The molecule has 0 saturated heterocycles. The molecule has 2 rings (SSSR count). The Hall–Kier alpha value is -2.48. The van der Waals surface area contributed by atoms with E-state index in [1.54, 1.807) is 4.72 Å². The third-order valence-electron chi connectivity index (χ3n) is 2.97. The lowest BCUT2D eigenvalue weighted by Crippen LogP contribution is -2.40. The Kier molecular flexibility index (Phi) is 5.28. The van der Waals surface area contributed by atoms with Gasteiger partial charge in [-0.05, 0) is 30.2 Å². The second kappa shape index (κ2) is 7.19. The van der Waals surface area contributed by atoms with Crippen LogP contribution in [0, 0.1) is 11.6 Å². The average Bonchev–Trinajstić information content (AvgIpc) is 2.50. The normalized spacial score (nSPS) is 11.0. The first-order valence-electron chi connectivity index (χ1n) is 6.68. The van der Waals surface area contributed by atoms with E-state index in [1.165, 1.54) is 0 Å². The maximum Gasteiger partial charge on any atom is 0.328 e. The molecule has 0 aliphatic carbocycles. The van der Waals surface area contributed by atoms with Crippen LogP contribution in [0.1, 0.15) is 5.56 Å². The van der Waals surface area contributed by atoms with Crippen LogP contribution >= 0.6 is 0 Å². The molecule has 0 aliphatic heterocycles. The highest BCUT2D eigenvalue weighted by atomic mass is 32.2. The van der Waals surface area contributed by atoms with Gasteiger partial charge in [-0.2, -0.15) is 0 Å². The molecular formula is C15H14F2N2O3S. The molecule has 0 fully saturated rings. The minimum atomic E-state index is -4.26. The maximum absolute atomic E-state index is 13.1. The number of hydrogen-bond acceptors (Lipinski definition) is 3. The summed E-state index contributed by atoms with van der Waals surface area (Å²) in [5, 5.41) is 2.39. The quantitative estimate of drug-likeness (QED) is 0.876. The molecule has 8 heteroatoms. The Morgan fingerprint density at radius 3 is 2.35 bits per heavy atom. The first-order chi connectivity index (χ1) is 10.9. The number of nitrogens with one attached hydrogen (secondary N) is 2. The van der Waals surface area contributed by atoms with Crippen LogP contribution in [-0.2, 0) is 16.4 Å². The summed E-state index contributed by atoms with van der Waals surface area (Å²) in [5.74, 6) is -2.48. The lowest BCUT2D eigenvalue weighted by atomic mass is 10.1. The van der Waals surface area contributed by atoms with Gasteiger partial charge in [0, 0.05) is 6.54 Å². The monoisotopic (exact) mass is 340 g/mol. The topological polar surface area (TPSA) is 75.3 Å². The molecule has 2 aromatic carbocycles. The van der Waals surface area contributed by atoms with Crippen molar-refractivity contribution in [1.82, 2.24) is 10.0 Å². The molecule has 5 nitrogen and oxygen atoms in total. The van der Waals surface area contributed by atoms with Gasteiger partial charge in [0.2, 0.25) is 0 Å². The fraction of sp³-hybridized carbons (Fsp3) is 0.133. The molecule has 0 unspecified atom stereocenters. The molecule has 0 saturated carbocycles. The summed E-state index contributed by atoms with van der Waals surface area (Å²) in [7, 11) is -4.26. The first-order valence-corrected chi connectivity index (χ1v) is 8.16. The number of carbonyl (C=O) groups excluding carboxylic acids is 1. The van der Waals surface area contributed by atoms with Crippen molar-refractivity contribution in [1.29, 1.82) is 0 Å². The van der Waals surface area contributed by atoms with Crippen molar-refractivity contribution in [3.8, 4) is 0 Å². The van der Waals surface area contributed by atoms with Gasteiger partial charge in [0.1, 0.15) is 0 Å². The van der Waals surface area contributed by atoms with Crippen molar-refractivity contribution >= 4 is 16.1 Å². The highest BCUT2D eigenvalue weighted by Crippen LogP contribution is 2.13. The number of halogens is 2. The lowest BCUT2D eigenvalue weighted by molar-refractivity contribution is 0.246. The van der Waals surface area contributed by atoms with Gasteiger partial charge in [-0.3, -0.25) is 0 Å². The highest BCUT2D eigenvalue weighted by molar-refractivity contribution is 7.90. The summed E-state index contributed by atoms with van der Waals surface area (Å²) >= 11 is 0. The van der Waals surface area contributed by atoms with Gasteiger partial charge in [-0.15, -0.1) is 0 Å². The SMILES string of the molecule is O=C(NCCc1ccccc1)NS(=O)(=O)c1ccc(F)c(F)c1. The molecule has 2 N–H and O–H groups in total. The number of sulfonamides is 1. The van der Waals surface area contributed by atoms with Gasteiger partial charge in [-0.1, -0.05) is 30.3 Å². The lowest BCUT2D eigenvalue weighted by Gasteiger charge is -2.09. The van der Waals surface area contributed by atoms with Crippen LogP contribution in [0.25, 0.3) is 0 Å². The van der Waals surface area contributed by atoms with Gasteiger partial charge < -0.3 is 5.32 Å². The number of rotatable bonds is 5. The summed E-state index contributed by atoms with van der Waals surface area (Å²) in [4.78, 5) is 11.1. The molecule has 0 bridgehead atoms. The zero-order valence-electron chi connectivity index (χ0n) is 11.9. The molecule has 23 heavy (non-hydrogen) atoms. The van der Waals surface area contributed by atoms with Crippen molar-refractivity contribution < 1.29 is 22.0 Å². The molecule has 0 heterocycles. The number of hydrogen-bond donors (Lipinski definition) is 2. The summed E-state index contributed by atoms with van der Waals surface area (Å²) in [6, 6.07) is 10.4. The Labute approximate surface area is 132 Å². The number of amides is 2. The van der Waals surface area contributed by atoms with Crippen molar-refractivity contribution in [3.63, 3.8) is 0 Å². The van der Waals surface area contributed by atoms with Crippen LogP contribution in [0.5, 0.6) is 0 Å². The van der Waals surface area contributed by atoms with E-state index in [2.05, 4.69) is 5.32 Å². The Balaban J connectivity index is 1.92. The number of benzene rings is 2. The summed E-state index contributed by atoms with van der Waals surface area (Å²) < 4.78 is 51.4. The average molecular weight is 340 g/mol. The summed E-state index contributed by atoms with van der Waals surface area (Å²) in [5.41, 5.74) is 0.983. The van der Waals surface area contributed by atoms with Gasteiger partial charge >= 0.3 is 6.03 Å². The van der Waals surface area contributed by atoms with Crippen LogP contribution in [0.3, 0.4) is 0 Å². The standard InChI is InChI=1S/C15H14F2N2O3S/c16-13-7-6-12(10-14(13)17)23(21,22)19-15(20)18-9-8-11-4-2-1-3-5-11/h1-7,10H,8-9H2,(H2,18,19,20). The minimum absolute atomic E-state index is 0.225. The fourth-order valence-corrected chi connectivity index (χ4v) is 2.77. The molecule has 0 aliphatic rings. The van der Waals surface area contributed by atoms with E-state index in [4.69, 9.17) is 0 Å². The smallest absolute Gasteiger partial charge is 0.328 e. The number of carbonyl (C=O) groups is 1. The van der Waals surface area contributed by atoms with Crippen LogP contribution in [0.4, 0.5) is 13.6 Å². The van der Waals surface area contributed by atoms with Crippen molar-refractivity contribution in [2.24, 2.45) is 0 Å². The molecular weight excluding hydrogens is 326 g/mol. The van der Waals surface area contributed by atoms with E-state index in [-0.39, 0.29) is 6.54 Å². The van der Waals surface area contributed by atoms with Crippen molar-refractivity contribution in [2.75, 3.05) is 6.54 Å². The van der Waals surface area contributed by atoms with Gasteiger partial charge in [0.15, 0.2) is 11.6 Å². The largest absolute Gasteiger partial charge is 0.337 e. The molecule has 0 atom stereocenters. The highest BCUT2D eigenvalue weighted by Gasteiger charge is 2.19. The predicted molar refractivity (Wildman–Crippen MR) is 80.2 cm³/mol. The molecule has 2 amide bonds. The van der Waals surface area contributed by atoms with Gasteiger partial charge in [-0.25, -0.2) is 26.7 Å². The van der Waals surface area contributed by atoms with Crippen molar-refractivity contribution in [2.45, 2.75) is 11.3 Å². The van der Waals surface area contributed by atoms with E-state index in [9.17, 15) is 22.0 Å². The second-order valence-electron chi connectivity index (χ2n) is 4.67. The van der Waals surface area contributed by atoms with Gasteiger partial charge in [0.05, 0.1) is 4.90 Å². The third-order valence-corrected chi connectivity index (χ3v) is 4.30. The predicted octanol–water partition coefficient (Wildman–Crippen LogP) is 2.20. The Morgan fingerprint density at radius 1 is 1.00 bits per heavy atom. The van der Waals surface area contributed by atoms with Gasteiger partial charge in [0.25, 0.3) is 10.0 Å². The molecule has 0 radical (unpaired) electrons. The summed E-state index contributed by atoms with van der Waals surface area (Å²) in [6.07, 6.45) is 0.527. The van der Waals surface area contributed by atoms with E-state index in [0.717, 1.165) is 11.6 Å². The molecule has 122 valence electrons. The van der Waals surface area contributed by atoms with E-state index in [0.29, 0.717) is 18.6 Å². The second-order valence-corrected chi connectivity index (χ2v) is 6.36. The van der Waals surface area contributed by atoms with Crippen molar-refractivity contribution in [3.05, 3.63) is 65.7 Å². The Morgan fingerprint density at radius 2 is 1.70 bits per heavy atom. The molecule has 0 spiro atoms. The molecule has 0 aromatic heterocycles. The van der Waals surface area contributed by atoms with Crippen LogP contribution in [0.15, 0.2) is 53.4 Å². The van der Waals surface area contributed by atoms with Crippen LogP contribution in [-0.4, -0.2) is 21.0 Å². The number of urea groups is 1. The summed E-state index contributed by atoms with van der Waals surface area (Å²) in [6.45, 7) is 0.225. The molecule has 2 aromatic rings. The fourth-order valence-electron chi connectivity index (χ4n) is 1.83. The first kappa shape index (κ1) is 16.9. The van der Waals surface area contributed by atoms with E-state index < -0.39 is 32.6 Å². The van der Waals surface area contributed by atoms with Crippen LogP contribution in [0.2, 0.25) is 0 Å². The Bertz CT molecular complexity index is 796. The van der Waals surface area contributed by atoms with Crippen LogP contribution < -0.4 is 10.0 Å². The zero-order valence-corrected chi connectivity index (χ0v) is 12.7. The van der Waals surface area contributed by atoms with E-state index >= 15 is 0 Å².